The van der Waals surface area contributed by atoms with Crippen molar-refractivity contribution < 1.29 is 9.18 Å². The van der Waals surface area contributed by atoms with Gasteiger partial charge < -0.3 is 10.2 Å². The van der Waals surface area contributed by atoms with Crippen LogP contribution in [-0.2, 0) is 12.8 Å². The molecule has 30 heavy (non-hydrogen) atoms. The Morgan fingerprint density at radius 2 is 1.80 bits per heavy atom. The van der Waals surface area contributed by atoms with Gasteiger partial charge in [0.05, 0.1) is 11.4 Å². The highest BCUT2D eigenvalue weighted by Gasteiger charge is 2.28. The Labute approximate surface area is 175 Å². The Morgan fingerprint density at radius 3 is 2.57 bits per heavy atom. The predicted molar refractivity (Wildman–Crippen MR) is 116 cm³/mol. The molecular formula is C24H25FN4O. The molecule has 1 amide bonds. The number of nitrogens with one attached hydrogen (secondary N) is 1. The number of rotatable bonds is 4. The fraction of sp³-hybridized carbons (Fsp3) is 0.333. The molecule has 154 valence electrons. The van der Waals surface area contributed by atoms with E-state index in [1.807, 2.05) is 41.9 Å². The molecule has 0 spiro atoms. The third-order valence-electron chi connectivity index (χ3n) is 6.10. The van der Waals surface area contributed by atoms with Crippen molar-refractivity contribution in [2.24, 2.45) is 0 Å². The molecule has 0 radical (unpaired) electrons. The van der Waals surface area contributed by atoms with Crippen LogP contribution < -0.4 is 10.2 Å². The van der Waals surface area contributed by atoms with Crippen molar-refractivity contribution in [2.45, 2.75) is 39.0 Å². The molecule has 2 heterocycles. The van der Waals surface area contributed by atoms with Crippen molar-refractivity contribution in [3.63, 3.8) is 0 Å². The predicted octanol–water partition coefficient (Wildman–Crippen LogP) is 4.66. The van der Waals surface area contributed by atoms with E-state index in [2.05, 4.69) is 15.3 Å². The summed E-state index contributed by atoms with van der Waals surface area (Å²) in [6.45, 7) is 3.80. The molecule has 1 aliphatic heterocycles. The van der Waals surface area contributed by atoms with Gasteiger partial charge in [0.2, 0.25) is 0 Å². The first-order valence-corrected chi connectivity index (χ1v) is 10.6. The summed E-state index contributed by atoms with van der Waals surface area (Å²) in [6.07, 6.45) is 4.87. The van der Waals surface area contributed by atoms with E-state index in [1.54, 1.807) is 6.07 Å². The Bertz CT molecular complexity index is 1100. The van der Waals surface area contributed by atoms with E-state index in [1.165, 1.54) is 11.6 Å². The highest BCUT2D eigenvalue weighted by molar-refractivity contribution is 6.06. The minimum Gasteiger partial charge on any atom is -0.370 e. The zero-order valence-corrected chi connectivity index (χ0v) is 17.1. The van der Waals surface area contributed by atoms with Crippen LogP contribution in [0.4, 0.5) is 15.8 Å². The highest BCUT2D eigenvalue weighted by Crippen LogP contribution is 2.33. The molecule has 0 saturated carbocycles. The third kappa shape index (κ3) is 3.26. The zero-order valence-electron chi connectivity index (χ0n) is 17.1. The molecule has 5 nitrogen and oxygen atoms in total. The van der Waals surface area contributed by atoms with E-state index in [-0.39, 0.29) is 11.6 Å². The van der Waals surface area contributed by atoms with E-state index in [4.69, 9.17) is 0 Å². The molecule has 0 unspecified atom stereocenters. The second-order valence-corrected chi connectivity index (χ2v) is 8.16. The largest absolute Gasteiger partial charge is 0.370 e. The summed E-state index contributed by atoms with van der Waals surface area (Å²) >= 11 is 0. The molecule has 0 atom stereocenters. The SMILES string of the molecule is Cc1ccc(-n2nc(C(=O)Nc3c(F)cccc3N3CCCC3)c3c2CCC3)cc1. The lowest BCUT2D eigenvalue weighted by Crippen LogP contribution is -2.22. The summed E-state index contributed by atoms with van der Waals surface area (Å²) in [4.78, 5) is 15.4. The van der Waals surface area contributed by atoms with Crippen LogP contribution in [0.25, 0.3) is 5.69 Å². The number of para-hydroxylation sites is 1. The van der Waals surface area contributed by atoms with Gasteiger partial charge in [-0.2, -0.15) is 5.10 Å². The van der Waals surface area contributed by atoms with Crippen LogP contribution in [0.1, 0.15) is 46.6 Å². The molecule has 3 aromatic rings. The van der Waals surface area contributed by atoms with Crippen LogP contribution in [0.15, 0.2) is 42.5 Å². The highest BCUT2D eigenvalue weighted by atomic mass is 19.1. The van der Waals surface area contributed by atoms with Crippen molar-refractivity contribution >= 4 is 17.3 Å². The number of amides is 1. The summed E-state index contributed by atoms with van der Waals surface area (Å²) in [6, 6.07) is 13.1. The zero-order chi connectivity index (χ0) is 20.7. The van der Waals surface area contributed by atoms with Gasteiger partial charge in [0.15, 0.2) is 5.69 Å². The number of fused-ring (bicyclic) bond motifs is 1. The van der Waals surface area contributed by atoms with E-state index in [0.717, 1.165) is 67.8 Å². The van der Waals surface area contributed by atoms with Gasteiger partial charge in [-0.1, -0.05) is 23.8 Å². The van der Waals surface area contributed by atoms with Crippen LogP contribution >= 0.6 is 0 Å². The van der Waals surface area contributed by atoms with Gasteiger partial charge in [-0.15, -0.1) is 0 Å². The van der Waals surface area contributed by atoms with Crippen molar-refractivity contribution in [1.82, 2.24) is 9.78 Å². The average Bonchev–Trinajstić information content (AvgIpc) is 3.48. The van der Waals surface area contributed by atoms with Gasteiger partial charge in [0.25, 0.3) is 5.91 Å². The number of anilines is 2. The topological polar surface area (TPSA) is 50.2 Å². The van der Waals surface area contributed by atoms with Gasteiger partial charge in [-0.05, 0) is 63.3 Å². The first-order valence-electron chi connectivity index (χ1n) is 10.6. The van der Waals surface area contributed by atoms with Crippen LogP contribution in [-0.4, -0.2) is 28.8 Å². The van der Waals surface area contributed by atoms with Crippen molar-refractivity contribution in [3.05, 3.63) is 70.8 Å². The maximum atomic E-state index is 14.7. The molecule has 1 aliphatic carbocycles. The monoisotopic (exact) mass is 404 g/mol. The maximum Gasteiger partial charge on any atom is 0.276 e. The Balaban J connectivity index is 1.50. The van der Waals surface area contributed by atoms with Crippen molar-refractivity contribution in [3.8, 4) is 5.69 Å². The normalized spacial score (nSPS) is 15.5. The second kappa shape index (κ2) is 7.59. The molecule has 0 bridgehead atoms. The smallest absolute Gasteiger partial charge is 0.276 e. The van der Waals surface area contributed by atoms with E-state index >= 15 is 0 Å². The summed E-state index contributed by atoms with van der Waals surface area (Å²) < 4.78 is 16.6. The first-order chi connectivity index (χ1) is 14.6. The lowest BCUT2D eigenvalue weighted by atomic mass is 10.1. The minimum atomic E-state index is -0.414. The first kappa shape index (κ1) is 18.9. The van der Waals surface area contributed by atoms with Gasteiger partial charge in [0, 0.05) is 24.3 Å². The standard InChI is InChI=1S/C24H25FN4O/c1-16-10-12-17(13-11-16)29-20-8-4-6-18(20)22(27-29)24(30)26-23-19(25)7-5-9-21(23)28-14-2-3-15-28/h5,7,9-13H,2-4,6,8,14-15H2,1H3,(H,26,30). The number of hydrogen-bond donors (Lipinski definition) is 1. The van der Waals surface area contributed by atoms with Crippen LogP contribution in [0.3, 0.4) is 0 Å². The third-order valence-corrected chi connectivity index (χ3v) is 6.10. The van der Waals surface area contributed by atoms with Crippen LogP contribution in [0, 0.1) is 12.7 Å². The van der Waals surface area contributed by atoms with Crippen LogP contribution in [0.5, 0.6) is 0 Å². The maximum absolute atomic E-state index is 14.7. The average molecular weight is 404 g/mol. The lowest BCUT2D eigenvalue weighted by molar-refractivity contribution is 0.102. The molecule has 6 heteroatoms. The summed E-state index contributed by atoms with van der Waals surface area (Å²) in [5.74, 6) is -0.757. The fourth-order valence-electron chi connectivity index (χ4n) is 4.55. The van der Waals surface area contributed by atoms with E-state index in [9.17, 15) is 9.18 Å². The number of halogens is 1. The molecule has 2 aromatic carbocycles. The van der Waals surface area contributed by atoms with Crippen molar-refractivity contribution in [1.29, 1.82) is 0 Å². The molecule has 1 aromatic heterocycles. The second-order valence-electron chi connectivity index (χ2n) is 8.16. The van der Waals surface area contributed by atoms with E-state index < -0.39 is 5.82 Å². The summed E-state index contributed by atoms with van der Waals surface area (Å²) in [5.41, 5.74) is 5.58. The quantitative estimate of drug-likeness (QED) is 0.688. The lowest BCUT2D eigenvalue weighted by Gasteiger charge is -2.21. The number of carbonyl (C=O) groups is 1. The molecular weight excluding hydrogens is 379 g/mol. The summed E-state index contributed by atoms with van der Waals surface area (Å²) in [7, 11) is 0. The van der Waals surface area contributed by atoms with E-state index in [0.29, 0.717) is 5.69 Å². The number of hydrogen-bond acceptors (Lipinski definition) is 3. The van der Waals surface area contributed by atoms with Gasteiger partial charge in [-0.3, -0.25) is 4.79 Å². The summed E-state index contributed by atoms with van der Waals surface area (Å²) in [5, 5.41) is 7.50. The fourth-order valence-corrected chi connectivity index (χ4v) is 4.55. The Kier molecular flexibility index (Phi) is 4.77. The van der Waals surface area contributed by atoms with Crippen LogP contribution in [0.2, 0.25) is 0 Å². The molecule has 1 fully saturated rings. The Hall–Kier alpha value is -3.15. The number of nitrogens with zero attached hydrogens (tertiary/aromatic N) is 3. The van der Waals surface area contributed by atoms with Gasteiger partial charge in [-0.25, -0.2) is 9.07 Å². The Morgan fingerprint density at radius 1 is 1.03 bits per heavy atom. The molecule has 1 saturated heterocycles. The van der Waals surface area contributed by atoms with Gasteiger partial charge >= 0.3 is 0 Å². The number of carbonyl (C=O) groups excluding carboxylic acids is 1. The molecule has 5 rings (SSSR count). The van der Waals surface area contributed by atoms with Gasteiger partial charge in [0.1, 0.15) is 11.5 Å². The minimum absolute atomic E-state index is 0.251. The molecule has 2 aliphatic rings. The molecule has 1 N–H and O–H groups in total. The number of aromatic nitrogens is 2. The number of aryl methyl sites for hydroxylation is 1. The number of benzene rings is 2. The van der Waals surface area contributed by atoms with Crippen molar-refractivity contribution in [2.75, 3.05) is 23.3 Å².